The van der Waals surface area contributed by atoms with E-state index in [1.54, 1.807) is 0 Å². The van der Waals surface area contributed by atoms with Crippen molar-refractivity contribution >= 4 is 0 Å². The Morgan fingerprint density at radius 3 is 2.25 bits per heavy atom. The molecule has 0 saturated heterocycles. The van der Waals surface area contributed by atoms with E-state index >= 15 is 0 Å². The maximum absolute atomic E-state index is 10.1. The molecule has 0 saturated carbocycles. The van der Waals surface area contributed by atoms with Crippen molar-refractivity contribution in [2.75, 3.05) is 6.61 Å². The molecule has 2 atom stereocenters. The fraction of sp³-hybridized carbons (Fsp3) is 0.647. The van der Waals surface area contributed by atoms with E-state index in [-0.39, 0.29) is 12.0 Å². The monoisotopic (exact) mass is 280 g/mol. The molecule has 0 amide bonds. The van der Waals surface area contributed by atoms with E-state index in [0.29, 0.717) is 24.2 Å². The number of phenolic OH excluding ortho intramolecular Hbond substituents is 1. The van der Waals surface area contributed by atoms with Crippen molar-refractivity contribution in [1.29, 1.82) is 0 Å². The van der Waals surface area contributed by atoms with Crippen molar-refractivity contribution in [2.45, 2.75) is 59.7 Å². The summed E-state index contributed by atoms with van der Waals surface area (Å²) in [5.41, 5.74) is 1.16. The Kier molecular flexibility index (Phi) is 6.86. The molecule has 20 heavy (non-hydrogen) atoms. The number of phenols is 1. The summed E-state index contributed by atoms with van der Waals surface area (Å²) >= 11 is 0. The maximum atomic E-state index is 10.1. The van der Waals surface area contributed by atoms with Crippen molar-refractivity contribution in [1.82, 2.24) is 0 Å². The lowest BCUT2D eigenvalue weighted by Crippen LogP contribution is -2.19. The molecule has 3 heteroatoms. The lowest BCUT2D eigenvalue weighted by molar-refractivity contribution is -0.0776. The van der Waals surface area contributed by atoms with Crippen LogP contribution in [0.3, 0.4) is 0 Å². The van der Waals surface area contributed by atoms with Gasteiger partial charge in [0, 0.05) is 13.0 Å². The minimum Gasteiger partial charge on any atom is -0.504 e. The van der Waals surface area contributed by atoms with E-state index < -0.39 is 0 Å². The average Bonchev–Trinajstić information content (AvgIpc) is 2.41. The topological polar surface area (TPSA) is 38.7 Å². The van der Waals surface area contributed by atoms with Gasteiger partial charge in [0.05, 0.1) is 0 Å². The number of benzene rings is 1. The minimum atomic E-state index is -0.302. The molecule has 3 nitrogen and oxygen atoms in total. The second-order valence-electron chi connectivity index (χ2n) is 5.40. The Morgan fingerprint density at radius 2 is 1.80 bits per heavy atom. The summed E-state index contributed by atoms with van der Waals surface area (Å²) in [6.07, 6.45) is 1.51. The van der Waals surface area contributed by atoms with Gasteiger partial charge in [0.25, 0.3) is 0 Å². The van der Waals surface area contributed by atoms with Crippen LogP contribution < -0.4 is 4.74 Å². The third kappa shape index (κ3) is 4.41. The van der Waals surface area contributed by atoms with Gasteiger partial charge in [0.1, 0.15) is 0 Å². The van der Waals surface area contributed by atoms with Crippen LogP contribution in [0.15, 0.2) is 18.2 Å². The SMILES string of the molecule is CCOC(CC)Oc1ccc(C(CC)C(C)C)cc1O. The molecule has 1 rings (SSSR count). The first-order valence-corrected chi connectivity index (χ1v) is 7.64. The first-order chi connectivity index (χ1) is 9.53. The number of hydrogen-bond acceptors (Lipinski definition) is 3. The molecule has 0 aliphatic carbocycles. The number of hydrogen-bond donors (Lipinski definition) is 1. The Morgan fingerprint density at radius 1 is 1.10 bits per heavy atom. The van der Waals surface area contributed by atoms with Crippen molar-refractivity contribution < 1.29 is 14.6 Å². The summed E-state index contributed by atoms with van der Waals surface area (Å²) < 4.78 is 11.1. The molecule has 0 aliphatic heterocycles. The summed E-state index contributed by atoms with van der Waals surface area (Å²) in [6.45, 7) is 11.1. The van der Waals surface area contributed by atoms with Gasteiger partial charge in [-0.25, -0.2) is 0 Å². The summed E-state index contributed by atoms with van der Waals surface area (Å²) in [6, 6.07) is 5.71. The van der Waals surface area contributed by atoms with E-state index in [1.165, 1.54) is 0 Å². The standard InChI is InChI=1S/C17H28O3/c1-6-14(12(4)5)13-9-10-16(15(18)11-13)20-17(7-2)19-8-3/h9-12,14,17-18H,6-8H2,1-5H3. The van der Waals surface area contributed by atoms with E-state index in [1.807, 2.05) is 32.0 Å². The fourth-order valence-electron chi connectivity index (χ4n) is 2.52. The van der Waals surface area contributed by atoms with Crippen molar-refractivity contribution in [3.63, 3.8) is 0 Å². The normalized spacial score (nSPS) is 14.3. The molecule has 0 heterocycles. The zero-order chi connectivity index (χ0) is 15.1. The molecule has 0 radical (unpaired) electrons. The second kappa shape index (κ2) is 8.15. The van der Waals surface area contributed by atoms with Crippen molar-refractivity contribution in [3.05, 3.63) is 23.8 Å². The zero-order valence-electron chi connectivity index (χ0n) is 13.3. The summed E-state index contributed by atoms with van der Waals surface area (Å²) in [5.74, 6) is 1.70. The van der Waals surface area contributed by atoms with E-state index in [4.69, 9.17) is 9.47 Å². The minimum absolute atomic E-state index is 0.194. The summed E-state index contributed by atoms with van der Waals surface area (Å²) in [5, 5.41) is 10.1. The molecule has 0 spiro atoms. The molecule has 114 valence electrons. The van der Waals surface area contributed by atoms with Crippen molar-refractivity contribution in [2.24, 2.45) is 5.92 Å². The molecule has 0 bridgehead atoms. The van der Waals surface area contributed by atoms with Crippen LogP contribution in [0.1, 0.15) is 58.9 Å². The van der Waals surface area contributed by atoms with Crippen LogP contribution >= 0.6 is 0 Å². The Bertz CT molecular complexity index is 401. The largest absolute Gasteiger partial charge is 0.504 e. The predicted octanol–water partition coefficient (Wildman–Crippen LogP) is 4.69. The first-order valence-electron chi connectivity index (χ1n) is 7.64. The number of rotatable bonds is 8. The first kappa shape index (κ1) is 16.8. The highest BCUT2D eigenvalue weighted by Crippen LogP contribution is 2.34. The molecule has 1 aromatic rings. The second-order valence-corrected chi connectivity index (χ2v) is 5.40. The van der Waals surface area contributed by atoms with Crippen LogP contribution in [-0.4, -0.2) is 18.0 Å². The van der Waals surface area contributed by atoms with Gasteiger partial charge >= 0.3 is 0 Å². The van der Waals surface area contributed by atoms with Gasteiger partial charge in [-0.05, 0) is 42.9 Å². The van der Waals surface area contributed by atoms with E-state index in [2.05, 4.69) is 20.8 Å². The van der Waals surface area contributed by atoms with Gasteiger partial charge in [-0.3, -0.25) is 0 Å². The molecular formula is C17H28O3. The number of aromatic hydroxyl groups is 1. The smallest absolute Gasteiger partial charge is 0.199 e. The molecule has 1 N–H and O–H groups in total. The third-order valence-electron chi connectivity index (χ3n) is 3.60. The summed E-state index contributed by atoms with van der Waals surface area (Å²) in [7, 11) is 0. The Balaban J connectivity index is 2.87. The maximum Gasteiger partial charge on any atom is 0.199 e. The number of ether oxygens (including phenoxy) is 2. The van der Waals surface area contributed by atoms with Crippen molar-refractivity contribution in [3.8, 4) is 11.5 Å². The zero-order valence-corrected chi connectivity index (χ0v) is 13.3. The quantitative estimate of drug-likeness (QED) is 0.702. The van der Waals surface area contributed by atoms with Gasteiger partial charge in [-0.2, -0.15) is 0 Å². The molecule has 1 aromatic carbocycles. The van der Waals surface area contributed by atoms with Crippen LogP contribution in [0.5, 0.6) is 11.5 Å². The van der Waals surface area contributed by atoms with Gasteiger partial charge in [-0.1, -0.05) is 33.8 Å². The molecule has 0 aromatic heterocycles. The highest BCUT2D eigenvalue weighted by Gasteiger charge is 2.17. The molecule has 2 unspecified atom stereocenters. The lowest BCUT2D eigenvalue weighted by atomic mass is 9.86. The van der Waals surface area contributed by atoms with Crippen LogP contribution in [0, 0.1) is 5.92 Å². The van der Waals surface area contributed by atoms with Gasteiger partial charge in [0.15, 0.2) is 17.8 Å². The molecule has 0 aliphatic rings. The summed E-state index contributed by atoms with van der Waals surface area (Å²) in [4.78, 5) is 0. The van der Waals surface area contributed by atoms with Gasteiger partial charge in [0.2, 0.25) is 0 Å². The Labute approximate surface area is 122 Å². The van der Waals surface area contributed by atoms with Gasteiger partial charge < -0.3 is 14.6 Å². The molecular weight excluding hydrogens is 252 g/mol. The fourth-order valence-corrected chi connectivity index (χ4v) is 2.52. The van der Waals surface area contributed by atoms with Crippen LogP contribution in [0.4, 0.5) is 0 Å². The Hall–Kier alpha value is -1.22. The van der Waals surface area contributed by atoms with E-state index in [0.717, 1.165) is 18.4 Å². The van der Waals surface area contributed by atoms with Gasteiger partial charge in [-0.15, -0.1) is 0 Å². The average molecular weight is 280 g/mol. The highest BCUT2D eigenvalue weighted by molar-refractivity contribution is 5.43. The van der Waals surface area contributed by atoms with Crippen LogP contribution in [0.2, 0.25) is 0 Å². The highest BCUT2D eigenvalue weighted by atomic mass is 16.7. The van der Waals surface area contributed by atoms with Crippen LogP contribution in [0.25, 0.3) is 0 Å². The lowest BCUT2D eigenvalue weighted by Gasteiger charge is -2.22. The predicted molar refractivity (Wildman–Crippen MR) is 82.3 cm³/mol. The molecule has 0 fully saturated rings. The van der Waals surface area contributed by atoms with E-state index in [9.17, 15) is 5.11 Å². The third-order valence-corrected chi connectivity index (χ3v) is 3.60. The van der Waals surface area contributed by atoms with Crippen LogP contribution in [-0.2, 0) is 4.74 Å².